The lowest BCUT2D eigenvalue weighted by Crippen LogP contribution is -2.75. The van der Waals surface area contributed by atoms with Crippen molar-refractivity contribution in [2.75, 3.05) is 20.2 Å². The minimum absolute atomic E-state index is 0.0281. The fraction of sp³-hybridized carbons (Fsp3) is 1.00. The summed E-state index contributed by atoms with van der Waals surface area (Å²) < 4.78 is 106. The molecule has 3 heterocycles. The summed E-state index contributed by atoms with van der Waals surface area (Å²) in [6.45, 7) is 5.86. The molecule has 3 saturated heterocycles. The van der Waals surface area contributed by atoms with Gasteiger partial charge < -0.3 is 10.5 Å². The summed E-state index contributed by atoms with van der Waals surface area (Å²) in [7, 11) is -2.72. The molecular formula is C29H52F5N7O3S2. The van der Waals surface area contributed by atoms with Crippen molar-refractivity contribution in [1.29, 1.82) is 0 Å². The number of hydrazine groups is 1. The van der Waals surface area contributed by atoms with Crippen LogP contribution >= 0.6 is 11.8 Å². The Bertz CT molecular complexity index is 1110. The van der Waals surface area contributed by atoms with Crippen molar-refractivity contribution in [2.45, 2.75) is 154 Å². The lowest BCUT2D eigenvalue weighted by atomic mass is 9.76. The number of ether oxygens (including phenoxy) is 1. The predicted molar refractivity (Wildman–Crippen MR) is 169 cm³/mol. The molecule has 2 aliphatic carbocycles. The number of rotatable bonds is 9. The molecule has 0 aromatic rings. The number of hydrogen-bond donors (Lipinski definition) is 6. The quantitative estimate of drug-likeness (QED) is 0.197. The summed E-state index contributed by atoms with van der Waals surface area (Å²) in [5, 5.41) is 8.92. The number of likely N-dealkylation sites (tertiary alicyclic amines) is 1. The van der Waals surface area contributed by atoms with Crippen LogP contribution in [0.25, 0.3) is 0 Å². The van der Waals surface area contributed by atoms with Gasteiger partial charge in [0.2, 0.25) is 0 Å². The van der Waals surface area contributed by atoms with Crippen LogP contribution in [0.4, 0.5) is 22.0 Å². The summed E-state index contributed by atoms with van der Waals surface area (Å²) in [5.74, 6) is -2.02. The van der Waals surface area contributed by atoms with Gasteiger partial charge in [-0.2, -0.15) is 0 Å². The van der Waals surface area contributed by atoms with Crippen molar-refractivity contribution in [2.24, 2.45) is 11.7 Å². The number of nitrogens with two attached hydrogens (primary N) is 1. The van der Waals surface area contributed by atoms with Crippen molar-refractivity contribution in [3.63, 3.8) is 0 Å². The second-order valence-electron chi connectivity index (χ2n) is 14.3. The molecule has 7 N–H and O–H groups in total. The molecule has 13 unspecified atom stereocenters. The number of methoxy groups -OCH3 is 1. The Morgan fingerprint density at radius 3 is 2.13 bits per heavy atom. The Labute approximate surface area is 273 Å². The molecule has 5 rings (SSSR count). The van der Waals surface area contributed by atoms with E-state index in [1.54, 1.807) is 7.11 Å². The third-order valence-electron chi connectivity index (χ3n) is 10.8. The zero-order chi connectivity index (χ0) is 33.6. The first-order valence-electron chi connectivity index (χ1n) is 16.5. The molecule has 17 heteroatoms. The Morgan fingerprint density at radius 1 is 0.913 bits per heavy atom. The van der Waals surface area contributed by atoms with Crippen molar-refractivity contribution >= 4 is 21.6 Å². The van der Waals surface area contributed by atoms with Gasteiger partial charge in [0.25, 0.3) is 0 Å². The van der Waals surface area contributed by atoms with Gasteiger partial charge in [0.05, 0.1) is 28.5 Å². The molecule has 46 heavy (non-hydrogen) atoms. The molecule has 0 aromatic carbocycles. The van der Waals surface area contributed by atoms with E-state index in [4.69, 9.17) is 10.5 Å². The van der Waals surface area contributed by atoms with Gasteiger partial charge in [0, 0.05) is 49.9 Å². The zero-order valence-corrected chi connectivity index (χ0v) is 28.6. The molecule has 0 radical (unpaired) electrons. The van der Waals surface area contributed by atoms with Crippen LogP contribution < -0.4 is 32.5 Å². The van der Waals surface area contributed by atoms with Gasteiger partial charge in [-0.25, -0.2) is 35.8 Å². The summed E-state index contributed by atoms with van der Waals surface area (Å²) in [5.41, 5.74) is 12.2. The number of nitrogens with zero attached hydrogens (tertiary/aromatic N) is 1. The lowest BCUT2D eigenvalue weighted by Gasteiger charge is -2.50. The third-order valence-corrected chi connectivity index (χ3v) is 15.3. The Morgan fingerprint density at radius 2 is 1.57 bits per heavy atom. The molecule has 0 aromatic heterocycles. The first kappa shape index (κ1) is 36.9. The van der Waals surface area contributed by atoms with E-state index in [0.29, 0.717) is 0 Å². The van der Waals surface area contributed by atoms with Gasteiger partial charge in [0.1, 0.15) is 42.5 Å². The van der Waals surface area contributed by atoms with Gasteiger partial charge in [0.15, 0.2) is 9.84 Å². The second kappa shape index (κ2) is 14.9. The van der Waals surface area contributed by atoms with Crippen LogP contribution in [0, 0.1) is 5.92 Å². The average Bonchev–Trinajstić information content (AvgIpc) is 3.41. The monoisotopic (exact) mass is 705 g/mol. The van der Waals surface area contributed by atoms with E-state index in [1.165, 1.54) is 11.8 Å². The standard InChI is InChI=1S/C29H52F5N7O3S2/c1-14-11-21(40-39-14)36-26-25(44-4)27(41-9-7-15(35)8-10-41)38-28(37-26)45-20-6-5-16(12-17(20)30)46(42,43)29(2,3)22-23(33)18(31)13-19(32)24(22)34/h14-28,36-40H,5-13,35H2,1-4H3. The minimum atomic E-state index is -4.38. The smallest absolute Gasteiger partial charge is 0.158 e. The molecule has 5 fully saturated rings. The molecule has 3 aliphatic heterocycles. The number of halogens is 5. The maximum absolute atomic E-state index is 15.9. The predicted octanol–water partition coefficient (Wildman–Crippen LogP) is 1.91. The van der Waals surface area contributed by atoms with Crippen molar-refractivity contribution < 1.29 is 35.1 Å². The fourth-order valence-electron chi connectivity index (χ4n) is 7.92. The van der Waals surface area contributed by atoms with E-state index in [0.717, 1.165) is 46.2 Å². The van der Waals surface area contributed by atoms with Gasteiger partial charge in [-0.3, -0.25) is 26.3 Å². The zero-order valence-electron chi connectivity index (χ0n) is 27.0. The van der Waals surface area contributed by atoms with Gasteiger partial charge in [-0.15, -0.1) is 11.8 Å². The molecule has 10 nitrogen and oxygen atoms in total. The molecule has 13 atom stereocenters. The van der Waals surface area contributed by atoms with Crippen LogP contribution in [0.1, 0.15) is 65.7 Å². The van der Waals surface area contributed by atoms with Crippen molar-refractivity contribution in [3.05, 3.63) is 0 Å². The first-order chi connectivity index (χ1) is 21.6. The third kappa shape index (κ3) is 7.53. The SMILES string of the molecule is COC1C(NC2CC(C)NN2)NC(SC2CCC(S(=O)(=O)C(C)(C)C3C(F)C(F)CC(F)C3F)CC2F)NC1N1CCC(N)CC1. The van der Waals surface area contributed by atoms with Crippen LogP contribution in [0.5, 0.6) is 0 Å². The topological polar surface area (TPSA) is 133 Å². The van der Waals surface area contributed by atoms with Gasteiger partial charge in [-0.05, 0) is 59.3 Å². The lowest BCUT2D eigenvalue weighted by molar-refractivity contribution is -0.0626. The Kier molecular flexibility index (Phi) is 11.9. The highest BCUT2D eigenvalue weighted by molar-refractivity contribution is 8.00. The molecule has 5 aliphatic rings. The highest BCUT2D eigenvalue weighted by Crippen LogP contribution is 2.47. The number of alkyl halides is 5. The summed E-state index contributed by atoms with van der Waals surface area (Å²) >= 11 is 1.35. The Hall–Kier alpha value is -0.370. The number of nitrogens with one attached hydrogen (secondary N) is 5. The summed E-state index contributed by atoms with van der Waals surface area (Å²) in [6, 6.07) is 0.411. The van der Waals surface area contributed by atoms with Crippen LogP contribution in [0.3, 0.4) is 0 Å². The van der Waals surface area contributed by atoms with Gasteiger partial charge in [-0.1, -0.05) is 0 Å². The maximum Gasteiger partial charge on any atom is 0.158 e. The normalized spacial score (nSPS) is 45.6. The van der Waals surface area contributed by atoms with E-state index in [1.807, 2.05) is 0 Å². The summed E-state index contributed by atoms with van der Waals surface area (Å²) in [6.07, 6.45) is -10.4. The van der Waals surface area contributed by atoms with Crippen LogP contribution in [0.15, 0.2) is 0 Å². The minimum Gasteiger partial charge on any atom is -0.375 e. The Balaban J connectivity index is 1.27. The van der Waals surface area contributed by atoms with E-state index in [-0.39, 0.29) is 55.9 Å². The molecule has 0 spiro atoms. The van der Waals surface area contributed by atoms with E-state index < -0.39 is 73.8 Å². The van der Waals surface area contributed by atoms with E-state index >= 15 is 4.39 Å². The summed E-state index contributed by atoms with van der Waals surface area (Å²) in [4.78, 5) is 2.30. The highest BCUT2D eigenvalue weighted by Gasteiger charge is 2.59. The number of piperidine rings is 1. The average molecular weight is 706 g/mol. The van der Waals surface area contributed by atoms with Crippen molar-refractivity contribution in [3.8, 4) is 0 Å². The molecule has 2 saturated carbocycles. The number of hydrogen-bond acceptors (Lipinski definition) is 11. The van der Waals surface area contributed by atoms with E-state index in [9.17, 15) is 26.0 Å². The van der Waals surface area contributed by atoms with Crippen LogP contribution in [-0.2, 0) is 14.6 Å². The van der Waals surface area contributed by atoms with Crippen LogP contribution in [-0.4, -0.2) is 122 Å². The molecule has 0 bridgehead atoms. The van der Waals surface area contributed by atoms with E-state index in [2.05, 4.69) is 38.6 Å². The van der Waals surface area contributed by atoms with Crippen LogP contribution in [0.2, 0.25) is 0 Å². The molecular weight excluding hydrogens is 653 g/mol. The van der Waals surface area contributed by atoms with Crippen molar-refractivity contribution in [1.82, 2.24) is 31.7 Å². The molecule has 268 valence electrons. The number of thioether (sulfide) groups is 1. The second-order valence-corrected chi connectivity index (χ2v) is 18.5. The first-order valence-corrected chi connectivity index (χ1v) is 19.0. The molecule has 0 amide bonds. The fourth-order valence-corrected chi connectivity index (χ4v) is 11.7. The number of sulfone groups is 1. The maximum atomic E-state index is 15.9. The highest BCUT2D eigenvalue weighted by atomic mass is 32.2. The van der Waals surface area contributed by atoms with Gasteiger partial charge >= 0.3 is 0 Å². The largest absolute Gasteiger partial charge is 0.375 e.